The molecule has 2 saturated heterocycles. The Balaban J connectivity index is -0.00000101. The maximum atomic E-state index is 10.7. The van der Waals surface area contributed by atoms with Crippen molar-refractivity contribution in [1.29, 1.82) is 0 Å². The molecule has 0 aromatic rings. The second kappa shape index (κ2) is 41.5. The van der Waals surface area contributed by atoms with Crippen LogP contribution in [0.5, 0.6) is 0 Å². The Morgan fingerprint density at radius 3 is 1.38 bits per heavy atom. The van der Waals surface area contributed by atoms with E-state index in [-0.39, 0.29) is 69.4 Å². The fourth-order valence-corrected chi connectivity index (χ4v) is 7.54. The lowest BCUT2D eigenvalue weighted by Crippen LogP contribution is -2.56. The molecule has 11 heteroatoms. The van der Waals surface area contributed by atoms with Gasteiger partial charge in [-0.25, -0.2) is 0 Å². The van der Waals surface area contributed by atoms with E-state index in [0.717, 1.165) is 25.7 Å². The van der Waals surface area contributed by atoms with Crippen molar-refractivity contribution in [3.05, 3.63) is 37.8 Å². The van der Waals surface area contributed by atoms with Crippen molar-refractivity contribution in [2.45, 2.75) is 209 Å². The minimum absolute atomic E-state index is 0. The van der Waals surface area contributed by atoms with E-state index in [4.69, 9.17) is 47.4 Å². The van der Waals surface area contributed by atoms with Crippen LogP contribution in [-0.4, -0.2) is 115 Å². The normalized spacial score (nSPS) is 27.4. The molecule has 360 valence electrons. The van der Waals surface area contributed by atoms with E-state index in [2.05, 4.69) is 40.9 Å². The standard InChI is InChI=1S/C23H44O5.C22H42O6.C2H4.2CH4/c1-7-9-10-11-12-13-20(25-6)14-16-26-22-18(3)21(17-24-5)28-23(19(22)4)27-15-8-2;1-6-8-9-10-11-12-18(25-5)13-15-26-21-17(3)22(27-14-7-2)28-19(16-24-4)20(21)23;1-2;;/h8,15,18-23H,7,9-14,16-17H2,1-6H3;7,14,17-23H,6,8-13,15-16H2,1-5H3;1-2H2;2*1H4/b15-8-;14-7-;;;/t18-,19-,20-,21-,22+,23+;17-,18-,19-,20-,21-,22+;;;/m11.../s1. The van der Waals surface area contributed by atoms with E-state index in [9.17, 15) is 5.11 Å². The Labute approximate surface area is 370 Å². The lowest BCUT2D eigenvalue weighted by molar-refractivity contribution is -0.277. The van der Waals surface area contributed by atoms with Gasteiger partial charge in [0.2, 0.25) is 12.6 Å². The van der Waals surface area contributed by atoms with Gasteiger partial charge in [-0.1, -0.05) is 126 Å². The predicted molar refractivity (Wildman–Crippen MR) is 248 cm³/mol. The molecule has 0 aromatic heterocycles. The zero-order valence-corrected chi connectivity index (χ0v) is 38.9. The van der Waals surface area contributed by atoms with Crippen LogP contribution in [0.3, 0.4) is 0 Å². The third kappa shape index (κ3) is 25.5. The van der Waals surface area contributed by atoms with Crippen molar-refractivity contribution in [3.63, 3.8) is 0 Å². The lowest BCUT2D eigenvalue weighted by Gasteiger charge is -2.43. The van der Waals surface area contributed by atoms with Crippen LogP contribution in [0.4, 0.5) is 0 Å². The second-order valence-electron chi connectivity index (χ2n) is 15.6. The first-order valence-electron chi connectivity index (χ1n) is 22.5. The molecule has 0 aliphatic carbocycles. The maximum absolute atomic E-state index is 10.7. The van der Waals surface area contributed by atoms with E-state index >= 15 is 0 Å². The van der Waals surface area contributed by atoms with Gasteiger partial charge < -0.3 is 52.5 Å². The maximum Gasteiger partial charge on any atom is 0.204 e. The van der Waals surface area contributed by atoms with Gasteiger partial charge in [0.1, 0.15) is 12.2 Å². The van der Waals surface area contributed by atoms with Crippen LogP contribution in [0.15, 0.2) is 37.8 Å². The smallest absolute Gasteiger partial charge is 0.204 e. The van der Waals surface area contributed by atoms with E-state index in [0.29, 0.717) is 26.4 Å². The molecule has 0 amide bonds. The summed E-state index contributed by atoms with van der Waals surface area (Å²) in [6, 6.07) is 0. The number of rotatable bonds is 30. The van der Waals surface area contributed by atoms with Crippen LogP contribution in [0.25, 0.3) is 0 Å². The first-order valence-corrected chi connectivity index (χ1v) is 22.5. The number of methoxy groups -OCH3 is 4. The van der Waals surface area contributed by atoms with Crippen LogP contribution in [-0.2, 0) is 47.4 Å². The van der Waals surface area contributed by atoms with Crippen LogP contribution >= 0.6 is 0 Å². The summed E-state index contributed by atoms with van der Waals surface area (Å²) in [6.07, 6.45) is 21.8. The fourth-order valence-electron chi connectivity index (χ4n) is 7.54. The van der Waals surface area contributed by atoms with E-state index in [1.165, 1.54) is 64.2 Å². The molecular formula is C49H98O11. The highest BCUT2D eigenvalue weighted by atomic mass is 16.7. The number of ether oxygens (including phenoxy) is 10. The van der Waals surface area contributed by atoms with Gasteiger partial charge in [-0.2, -0.15) is 0 Å². The number of aliphatic hydroxyl groups excluding tert-OH is 1. The first kappa shape index (κ1) is 62.8. The van der Waals surface area contributed by atoms with Crippen molar-refractivity contribution in [3.8, 4) is 0 Å². The zero-order chi connectivity index (χ0) is 43.6. The summed E-state index contributed by atoms with van der Waals surface area (Å²) in [5.74, 6) is 0.291. The molecule has 0 spiro atoms. The highest BCUT2D eigenvalue weighted by Gasteiger charge is 2.45. The van der Waals surface area contributed by atoms with Crippen LogP contribution in [0.2, 0.25) is 0 Å². The van der Waals surface area contributed by atoms with Crippen molar-refractivity contribution >= 4 is 0 Å². The summed E-state index contributed by atoms with van der Waals surface area (Å²) < 4.78 is 57.7. The van der Waals surface area contributed by atoms with Gasteiger partial charge in [-0.3, -0.25) is 0 Å². The molecule has 12 atom stereocenters. The molecule has 2 aliphatic heterocycles. The quantitative estimate of drug-likeness (QED) is 0.0423. The van der Waals surface area contributed by atoms with E-state index < -0.39 is 18.5 Å². The van der Waals surface area contributed by atoms with Crippen molar-refractivity contribution in [2.75, 3.05) is 54.9 Å². The number of unbranched alkanes of at least 4 members (excludes halogenated alkanes) is 8. The second-order valence-corrected chi connectivity index (χ2v) is 15.6. The fraction of sp³-hybridized carbons (Fsp3) is 0.878. The summed E-state index contributed by atoms with van der Waals surface area (Å²) in [4.78, 5) is 0. The van der Waals surface area contributed by atoms with E-state index in [1.807, 2.05) is 40.0 Å². The topological polar surface area (TPSA) is 113 Å². The average Bonchev–Trinajstić information content (AvgIpc) is 3.23. The molecule has 0 saturated carbocycles. The Bertz CT molecular complexity index is 894. The van der Waals surface area contributed by atoms with Gasteiger partial charge >= 0.3 is 0 Å². The number of aliphatic hydroxyl groups is 1. The van der Waals surface area contributed by atoms with Crippen LogP contribution in [0.1, 0.15) is 153 Å². The third-order valence-corrected chi connectivity index (χ3v) is 11.1. The molecule has 0 bridgehead atoms. The molecule has 2 rings (SSSR count). The van der Waals surface area contributed by atoms with E-state index in [1.54, 1.807) is 33.9 Å². The number of hydrogen-bond acceptors (Lipinski definition) is 11. The summed E-state index contributed by atoms with van der Waals surface area (Å²) in [7, 11) is 6.87. The molecule has 2 aliphatic rings. The Kier molecular flexibility index (Phi) is 43.4. The van der Waals surface area contributed by atoms with Gasteiger partial charge in [0.15, 0.2) is 0 Å². The van der Waals surface area contributed by atoms with Crippen LogP contribution in [0, 0.1) is 17.8 Å². The molecule has 11 nitrogen and oxygen atoms in total. The predicted octanol–water partition coefficient (Wildman–Crippen LogP) is 11.5. The zero-order valence-electron chi connectivity index (χ0n) is 38.9. The van der Waals surface area contributed by atoms with Gasteiger partial charge in [0, 0.05) is 59.4 Å². The molecule has 60 heavy (non-hydrogen) atoms. The Hall–Kier alpha value is -1.54. The molecule has 0 aromatic carbocycles. The molecular weight excluding hydrogens is 765 g/mol. The third-order valence-electron chi connectivity index (χ3n) is 11.1. The molecule has 2 fully saturated rings. The lowest BCUT2D eigenvalue weighted by atomic mass is 9.85. The summed E-state index contributed by atoms with van der Waals surface area (Å²) >= 11 is 0. The molecule has 2 heterocycles. The Morgan fingerprint density at radius 1 is 0.567 bits per heavy atom. The van der Waals surface area contributed by atoms with Gasteiger partial charge in [-0.05, 0) is 39.5 Å². The minimum Gasteiger partial charge on any atom is -0.472 e. The highest BCUT2D eigenvalue weighted by Crippen LogP contribution is 2.34. The number of allylic oxidation sites excluding steroid dienone is 2. The summed E-state index contributed by atoms with van der Waals surface area (Å²) in [6.45, 7) is 22.7. The monoisotopic (exact) mass is 863 g/mol. The highest BCUT2D eigenvalue weighted by molar-refractivity contribution is 4.90. The summed E-state index contributed by atoms with van der Waals surface area (Å²) in [5, 5.41) is 10.7. The SMILES string of the molecule is C.C.C/C=C\O[C@H]1O[C@H](COC)[C@@H](C)[C@H](OCC[C@@H](CCCCCCC)OC)[C@H]1C.C/C=C\O[C@H]1O[C@H](COC)[C@@H](O)[C@H](OCC[C@@H](CCCCCCC)OC)[C@H]1C.C=C. The van der Waals surface area contributed by atoms with Gasteiger partial charge in [0.05, 0.1) is 56.3 Å². The summed E-state index contributed by atoms with van der Waals surface area (Å²) in [5.41, 5.74) is 0. The molecule has 0 unspecified atom stereocenters. The van der Waals surface area contributed by atoms with Gasteiger partial charge in [0.25, 0.3) is 0 Å². The molecule has 1 N–H and O–H groups in total. The van der Waals surface area contributed by atoms with Gasteiger partial charge in [-0.15, -0.1) is 13.2 Å². The number of hydrogen-bond donors (Lipinski definition) is 1. The van der Waals surface area contributed by atoms with Crippen molar-refractivity contribution in [2.24, 2.45) is 17.8 Å². The first-order chi connectivity index (χ1) is 28.2. The minimum atomic E-state index is -0.754. The van der Waals surface area contributed by atoms with Crippen molar-refractivity contribution < 1.29 is 52.5 Å². The Morgan fingerprint density at radius 2 is 0.967 bits per heavy atom. The van der Waals surface area contributed by atoms with Crippen molar-refractivity contribution in [1.82, 2.24) is 0 Å². The molecule has 0 radical (unpaired) electrons. The van der Waals surface area contributed by atoms with Crippen LogP contribution < -0.4 is 0 Å². The average molecular weight is 863 g/mol. The largest absolute Gasteiger partial charge is 0.472 e.